The molecule has 1 aromatic heterocycles. The van der Waals surface area contributed by atoms with E-state index in [-0.39, 0.29) is 12.0 Å². The van der Waals surface area contributed by atoms with Crippen molar-refractivity contribution >= 4 is 5.82 Å². The number of rotatable bonds is 5. The van der Waals surface area contributed by atoms with Crippen LogP contribution in [0.2, 0.25) is 0 Å². The van der Waals surface area contributed by atoms with Gasteiger partial charge >= 0.3 is 0 Å². The van der Waals surface area contributed by atoms with E-state index in [9.17, 15) is 5.11 Å². The minimum atomic E-state index is 0.0199. The summed E-state index contributed by atoms with van der Waals surface area (Å²) in [7, 11) is 1.59. The number of hydrogen-bond acceptors (Lipinski definition) is 5. The quantitative estimate of drug-likeness (QED) is 0.834. The average molecular weight is 251 g/mol. The summed E-state index contributed by atoms with van der Waals surface area (Å²) in [6.45, 7) is 2.83. The van der Waals surface area contributed by atoms with Crippen molar-refractivity contribution in [3.8, 4) is 5.88 Å². The molecule has 1 heterocycles. The molecule has 1 aromatic rings. The molecule has 2 rings (SSSR count). The van der Waals surface area contributed by atoms with Gasteiger partial charge in [0.25, 0.3) is 0 Å². The van der Waals surface area contributed by atoms with Crippen LogP contribution >= 0.6 is 0 Å². The first kappa shape index (κ1) is 13.1. The van der Waals surface area contributed by atoms with Crippen LogP contribution < -0.4 is 10.1 Å². The van der Waals surface area contributed by atoms with Gasteiger partial charge < -0.3 is 15.2 Å². The third-order valence-corrected chi connectivity index (χ3v) is 3.67. The van der Waals surface area contributed by atoms with E-state index in [0.29, 0.717) is 11.7 Å². The zero-order valence-corrected chi connectivity index (χ0v) is 11.1. The molecular weight excluding hydrogens is 230 g/mol. The summed E-state index contributed by atoms with van der Waals surface area (Å²) in [5.74, 6) is 2.01. The van der Waals surface area contributed by atoms with E-state index in [1.54, 1.807) is 13.2 Å². The lowest BCUT2D eigenvalue weighted by molar-refractivity contribution is 0.142. The second kappa shape index (κ2) is 5.52. The molecule has 18 heavy (non-hydrogen) atoms. The van der Waals surface area contributed by atoms with Gasteiger partial charge in [-0.2, -0.15) is 4.98 Å². The van der Waals surface area contributed by atoms with Gasteiger partial charge in [0.05, 0.1) is 13.7 Å². The SMILES string of the molecule is COc1cc(NCC2(CO)CCCC2)nc(C)n1. The highest BCUT2D eigenvalue weighted by molar-refractivity contribution is 5.38. The minimum Gasteiger partial charge on any atom is -0.481 e. The fourth-order valence-electron chi connectivity index (χ4n) is 2.53. The molecule has 0 radical (unpaired) electrons. The highest BCUT2D eigenvalue weighted by atomic mass is 16.5. The van der Waals surface area contributed by atoms with Gasteiger partial charge in [0.2, 0.25) is 5.88 Å². The van der Waals surface area contributed by atoms with E-state index in [1.807, 2.05) is 6.92 Å². The minimum absolute atomic E-state index is 0.0199. The first-order valence-electron chi connectivity index (χ1n) is 6.42. The highest BCUT2D eigenvalue weighted by Crippen LogP contribution is 2.37. The molecule has 0 saturated heterocycles. The Labute approximate surface area is 108 Å². The van der Waals surface area contributed by atoms with Gasteiger partial charge in [-0.3, -0.25) is 0 Å². The Morgan fingerprint density at radius 2 is 2.11 bits per heavy atom. The first-order chi connectivity index (χ1) is 8.67. The lowest BCUT2D eigenvalue weighted by atomic mass is 9.87. The Kier molecular flexibility index (Phi) is 4.01. The predicted molar refractivity (Wildman–Crippen MR) is 69.8 cm³/mol. The van der Waals surface area contributed by atoms with E-state index in [4.69, 9.17) is 4.74 Å². The second-order valence-electron chi connectivity index (χ2n) is 5.06. The van der Waals surface area contributed by atoms with E-state index >= 15 is 0 Å². The Hall–Kier alpha value is -1.36. The highest BCUT2D eigenvalue weighted by Gasteiger charge is 2.33. The van der Waals surface area contributed by atoms with Crippen molar-refractivity contribution in [2.45, 2.75) is 32.6 Å². The van der Waals surface area contributed by atoms with E-state index in [1.165, 1.54) is 12.8 Å². The van der Waals surface area contributed by atoms with Crippen LogP contribution in [0.15, 0.2) is 6.07 Å². The van der Waals surface area contributed by atoms with Crippen molar-refractivity contribution in [2.75, 3.05) is 25.6 Å². The molecule has 0 amide bonds. The smallest absolute Gasteiger partial charge is 0.218 e. The molecule has 0 aromatic carbocycles. The van der Waals surface area contributed by atoms with Crippen LogP contribution in [-0.2, 0) is 0 Å². The third-order valence-electron chi connectivity index (χ3n) is 3.67. The molecular formula is C13H21N3O2. The maximum atomic E-state index is 9.55. The fourth-order valence-corrected chi connectivity index (χ4v) is 2.53. The van der Waals surface area contributed by atoms with Gasteiger partial charge in [-0.1, -0.05) is 12.8 Å². The number of nitrogens with one attached hydrogen (secondary N) is 1. The number of anilines is 1. The Morgan fingerprint density at radius 3 is 2.72 bits per heavy atom. The van der Waals surface area contributed by atoms with Gasteiger partial charge in [0, 0.05) is 18.0 Å². The molecule has 1 aliphatic carbocycles. The first-order valence-corrected chi connectivity index (χ1v) is 6.42. The zero-order valence-electron chi connectivity index (χ0n) is 11.1. The molecule has 2 N–H and O–H groups in total. The van der Waals surface area contributed by atoms with Crippen LogP contribution in [0.5, 0.6) is 5.88 Å². The zero-order chi connectivity index (χ0) is 13.0. The number of ether oxygens (including phenoxy) is 1. The van der Waals surface area contributed by atoms with Gasteiger partial charge in [-0.15, -0.1) is 0 Å². The number of methoxy groups -OCH3 is 1. The van der Waals surface area contributed by atoms with Crippen LogP contribution in [0.3, 0.4) is 0 Å². The molecule has 1 aliphatic rings. The topological polar surface area (TPSA) is 67.3 Å². The van der Waals surface area contributed by atoms with E-state index in [2.05, 4.69) is 15.3 Å². The summed E-state index contributed by atoms with van der Waals surface area (Å²) >= 11 is 0. The summed E-state index contributed by atoms with van der Waals surface area (Å²) in [4.78, 5) is 8.47. The van der Waals surface area contributed by atoms with Crippen molar-refractivity contribution in [1.29, 1.82) is 0 Å². The number of aliphatic hydroxyl groups is 1. The molecule has 1 fully saturated rings. The standard InChI is InChI=1S/C13H21N3O2/c1-10-15-11(7-12(16-10)18-2)14-8-13(9-17)5-3-4-6-13/h7,17H,3-6,8-9H2,1-2H3,(H,14,15,16). The Morgan fingerprint density at radius 1 is 1.39 bits per heavy atom. The van der Waals surface area contributed by atoms with Crippen molar-refractivity contribution in [1.82, 2.24) is 9.97 Å². The molecule has 0 spiro atoms. The number of hydrogen-bond donors (Lipinski definition) is 2. The number of aliphatic hydroxyl groups excluding tert-OH is 1. The maximum absolute atomic E-state index is 9.55. The van der Waals surface area contributed by atoms with E-state index < -0.39 is 0 Å². The Bertz CT molecular complexity index is 403. The van der Waals surface area contributed by atoms with Gasteiger partial charge in [0.1, 0.15) is 11.6 Å². The molecule has 100 valence electrons. The van der Waals surface area contributed by atoms with Gasteiger partial charge in [-0.05, 0) is 19.8 Å². The van der Waals surface area contributed by atoms with Crippen LogP contribution in [0.1, 0.15) is 31.5 Å². The molecule has 5 heteroatoms. The van der Waals surface area contributed by atoms with Crippen molar-refractivity contribution in [3.05, 3.63) is 11.9 Å². The van der Waals surface area contributed by atoms with E-state index in [0.717, 1.165) is 25.2 Å². The lowest BCUT2D eigenvalue weighted by Crippen LogP contribution is -2.30. The van der Waals surface area contributed by atoms with Crippen LogP contribution in [0.25, 0.3) is 0 Å². The third kappa shape index (κ3) is 2.90. The fraction of sp³-hybridized carbons (Fsp3) is 0.692. The summed E-state index contributed by atoms with van der Waals surface area (Å²) in [6.07, 6.45) is 4.57. The average Bonchev–Trinajstić information content (AvgIpc) is 2.85. The normalized spacial score (nSPS) is 17.7. The maximum Gasteiger partial charge on any atom is 0.218 e. The predicted octanol–water partition coefficient (Wildman–Crippen LogP) is 1.76. The Balaban J connectivity index is 2.03. The molecule has 5 nitrogen and oxygen atoms in total. The van der Waals surface area contributed by atoms with Crippen molar-refractivity contribution < 1.29 is 9.84 Å². The summed E-state index contributed by atoms with van der Waals surface area (Å²) in [5, 5.41) is 12.9. The largest absolute Gasteiger partial charge is 0.481 e. The summed E-state index contributed by atoms with van der Waals surface area (Å²) in [6, 6.07) is 1.78. The molecule has 0 unspecified atom stereocenters. The van der Waals surface area contributed by atoms with Crippen LogP contribution in [-0.4, -0.2) is 35.3 Å². The molecule has 1 saturated carbocycles. The number of aryl methyl sites for hydroxylation is 1. The summed E-state index contributed by atoms with van der Waals surface area (Å²) < 4.78 is 5.12. The van der Waals surface area contributed by atoms with Crippen LogP contribution in [0, 0.1) is 12.3 Å². The van der Waals surface area contributed by atoms with Crippen LogP contribution in [0.4, 0.5) is 5.82 Å². The van der Waals surface area contributed by atoms with Gasteiger partial charge in [0.15, 0.2) is 0 Å². The number of aromatic nitrogens is 2. The van der Waals surface area contributed by atoms with Crippen molar-refractivity contribution in [3.63, 3.8) is 0 Å². The molecule has 0 bridgehead atoms. The lowest BCUT2D eigenvalue weighted by Gasteiger charge is -2.26. The van der Waals surface area contributed by atoms with Gasteiger partial charge in [-0.25, -0.2) is 4.98 Å². The number of nitrogens with zero attached hydrogens (tertiary/aromatic N) is 2. The molecule has 0 atom stereocenters. The second-order valence-corrected chi connectivity index (χ2v) is 5.06. The summed E-state index contributed by atoms with van der Waals surface area (Å²) in [5.41, 5.74) is 0.0199. The monoisotopic (exact) mass is 251 g/mol. The van der Waals surface area contributed by atoms with Crippen molar-refractivity contribution in [2.24, 2.45) is 5.41 Å². The molecule has 0 aliphatic heterocycles.